The second-order valence-electron chi connectivity index (χ2n) is 5.53. The summed E-state index contributed by atoms with van der Waals surface area (Å²) in [6.45, 7) is 4.27. The molecule has 1 aliphatic carbocycles. The van der Waals surface area contributed by atoms with Crippen LogP contribution in [-0.4, -0.2) is 40.7 Å². The molecule has 0 saturated carbocycles. The lowest BCUT2D eigenvalue weighted by Crippen LogP contribution is -2.48. The maximum Gasteiger partial charge on any atom is 0.264 e. The van der Waals surface area contributed by atoms with Crippen LogP contribution >= 0.6 is 12.2 Å². The van der Waals surface area contributed by atoms with Crippen molar-refractivity contribution in [3.8, 4) is 0 Å². The van der Waals surface area contributed by atoms with Crippen molar-refractivity contribution in [3.05, 3.63) is 23.8 Å². The van der Waals surface area contributed by atoms with Crippen molar-refractivity contribution >= 4 is 23.2 Å². The number of thiocarbonyl (C=S) groups is 1. The number of allylic oxidation sites excluding steroid dienone is 2. The van der Waals surface area contributed by atoms with Crippen molar-refractivity contribution < 1.29 is 4.79 Å². The average molecular weight is 307 g/mol. The monoisotopic (exact) mass is 307 g/mol. The van der Waals surface area contributed by atoms with Crippen molar-refractivity contribution in [2.45, 2.75) is 45.4 Å². The Morgan fingerprint density at radius 2 is 2.14 bits per heavy atom. The summed E-state index contributed by atoms with van der Waals surface area (Å²) in [7, 11) is 0. The lowest BCUT2D eigenvalue weighted by molar-refractivity contribution is -0.133. The number of hydrazine groups is 1. The van der Waals surface area contributed by atoms with E-state index in [0.29, 0.717) is 5.11 Å². The highest BCUT2D eigenvalue weighted by Crippen LogP contribution is 2.19. The van der Waals surface area contributed by atoms with E-state index >= 15 is 0 Å². The van der Waals surface area contributed by atoms with Crippen LogP contribution in [-0.2, 0) is 4.79 Å². The van der Waals surface area contributed by atoms with Crippen molar-refractivity contribution in [1.82, 2.24) is 15.3 Å². The van der Waals surface area contributed by atoms with Gasteiger partial charge in [-0.05, 0) is 57.7 Å². The predicted molar refractivity (Wildman–Crippen MR) is 89.6 cm³/mol. The second kappa shape index (κ2) is 8.17. The van der Waals surface area contributed by atoms with Gasteiger partial charge in [0.25, 0.3) is 5.91 Å². The first-order chi connectivity index (χ1) is 10.2. The van der Waals surface area contributed by atoms with E-state index < -0.39 is 0 Å². The van der Waals surface area contributed by atoms with Gasteiger partial charge in [-0.3, -0.25) is 9.80 Å². The highest BCUT2D eigenvalue weighted by molar-refractivity contribution is 7.80. The Hall–Kier alpha value is -1.36. The second-order valence-corrected chi connectivity index (χ2v) is 5.91. The maximum atomic E-state index is 12.0. The number of carbonyl (C=O) groups excluding carboxylic acids is 1. The average Bonchev–Trinajstić information content (AvgIpc) is 2.98. The molecule has 21 heavy (non-hydrogen) atoms. The quantitative estimate of drug-likeness (QED) is 0.492. The molecule has 0 radical (unpaired) electrons. The van der Waals surface area contributed by atoms with E-state index in [1.807, 2.05) is 11.9 Å². The number of rotatable bonds is 4. The summed E-state index contributed by atoms with van der Waals surface area (Å²) in [5, 5.41) is 7.59. The van der Waals surface area contributed by atoms with Crippen LogP contribution in [0.4, 0.5) is 0 Å². The first-order valence-corrected chi connectivity index (χ1v) is 8.30. The van der Waals surface area contributed by atoms with Crippen LogP contribution in [0.3, 0.4) is 0 Å². The smallest absolute Gasteiger partial charge is 0.264 e. The summed E-state index contributed by atoms with van der Waals surface area (Å²) in [6, 6.07) is 0. The number of nitrogens with zero attached hydrogens (tertiary/aromatic N) is 2. The third-order valence-electron chi connectivity index (χ3n) is 3.94. The normalized spacial score (nSPS) is 19.0. The lowest BCUT2D eigenvalue weighted by atomic mass is 9.97. The first-order valence-electron chi connectivity index (χ1n) is 7.89. The van der Waals surface area contributed by atoms with Gasteiger partial charge >= 0.3 is 0 Å². The molecule has 0 bridgehead atoms. The summed E-state index contributed by atoms with van der Waals surface area (Å²) in [6.07, 6.45) is 12.8. The Morgan fingerprint density at radius 3 is 2.86 bits per heavy atom. The molecular weight excluding hydrogens is 282 g/mol. The largest absolute Gasteiger partial charge is 0.361 e. The minimum absolute atomic E-state index is 0.00846. The molecule has 0 spiro atoms. The molecule has 0 aromatic carbocycles. The van der Waals surface area contributed by atoms with Crippen LogP contribution < -0.4 is 5.32 Å². The van der Waals surface area contributed by atoms with E-state index in [1.54, 1.807) is 22.7 Å². The zero-order valence-corrected chi connectivity index (χ0v) is 13.6. The third-order valence-corrected chi connectivity index (χ3v) is 4.29. The Kier molecular flexibility index (Phi) is 6.23. The molecule has 0 atom stereocenters. The SMILES string of the molecule is C/C=C/C(=O)N1CCCN1C(=S)NCCC1=CCCCC1. The van der Waals surface area contributed by atoms with Crippen LogP contribution in [0.1, 0.15) is 45.4 Å². The minimum Gasteiger partial charge on any atom is -0.361 e. The van der Waals surface area contributed by atoms with E-state index in [4.69, 9.17) is 12.2 Å². The fourth-order valence-corrected chi connectivity index (χ4v) is 3.13. The van der Waals surface area contributed by atoms with Crippen molar-refractivity contribution in [3.63, 3.8) is 0 Å². The molecule has 5 heteroatoms. The molecule has 0 aromatic rings. The molecule has 2 aliphatic rings. The number of hydrogen-bond donors (Lipinski definition) is 1. The maximum absolute atomic E-state index is 12.0. The number of amides is 1. The molecule has 4 nitrogen and oxygen atoms in total. The van der Waals surface area contributed by atoms with Gasteiger partial charge in [-0.1, -0.05) is 17.7 Å². The molecule has 1 N–H and O–H groups in total. The minimum atomic E-state index is 0.00846. The molecule has 1 aliphatic heterocycles. The van der Waals surface area contributed by atoms with E-state index in [0.717, 1.165) is 32.5 Å². The summed E-state index contributed by atoms with van der Waals surface area (Å²) in [4.78, 5) is 12.0. The Balaban J connectivity index is 1.79. The highest BCUT2D eigenvalue weighted by atomic mass is 32.1. The predicted octanol–water partition coefficient (Wildman–Crippen LogP) is 2.78. The molecule has 0 unspecified atom stereocenters. The van der Waals surface area contributed by atoms with Crippen LogP contribution in [0.15, 0.2) is 23.8 Å². The first kappa shape index (κ1) is 16.0. The molecule has 2 rings (SSSR count). The van der Waals surface area contributed by atoms with E-state index in [-0.39, 0.29) is 5.91 Å². The van der Waals surface area contributed by atoms with E-state index in [1.165, 1.54) is 25.7 Å². The van der Waals surface area contributed by atoms with Gasteiger partial charge in [0.2, 0.25) is 0 Å². The Bertz CT molecular complexity index is 445. The van der Waals surface area contributed by atoms with Gasteiger partial charge in [0.1, 0.15) is 0 Å². The van der Waals surface area contributed by atoms with Gasteiger partial charge in [0.05, 0.1) is 0 Å². The standard InChI is InChI=1S/C16H25N3OS/c1-2-7-15(20)18-12-6-13-19(18)16(21)17-11-10-14-8-4-3-5-9-14/h2,7-8H,3-6,9-13H2,1H3,(H,17,21)/b7-2+. The molecule has 0 aromatic heterocycles. The van der Waals surface area contributed by atoms with Gasteiger partial charge in [-0.15, -0.1) is 0 Å². The van der Waals surface area contributed by atoms with Crippen LogP contribution in [0.2, 0.25) is 0 Å². The fourth-order valence-electron chi connectivity index (χ4n) is 2.83. The summed E-state index contributed by atoms with van der Waals surface area (Å²) < 4.78 is 0. The lowest BCUT2D eigenvalue weighted by Gasteiger charge is -2.29. The zero-order valence-electron chi connectivity index (χ0n) is 12.8. The fraction of sp³-hybridized carbons (Fsp3) is 0.625. The molecule has 1 saturated heterocycles. The summed E-state index contributed by atoms with van der Waals surface area (Å²) >= 11 is 5.44. The molecular formula is C16H25N3OS. The van der Waals surface area contributed by atoms with Crippen molar-refractivity contribution in [2.75, 3.05) is 19.6 Å². The van der Waals surface area contributed by atoms with Gasteiger partial charge in [-0.2, -0.15) is 0 Å². The molecule has 1 amide bonds. The number of nitrogens with one attached hydrogen (secondary N) is 1. The van der Waals surface area contributed by atoms with Crippen LogP contribution in [0.5, 0.6) is 0 Å². The van der Waals surface area contributed by atoms with E-state index in [9.17, 15) is 4.79 Å². The van der Waals surface area contributed by atoms with Gasteiger partial charge in [0, 0.05) is 25.7 Å². The summed E-state index contributed by atoms with van der Waals surface area (Å²) in [5.74, 6) is 0.00846. The molecule has 116 valence electrons. The van der Waals surface area contributed by atoms with Crippen LogP contribution in [0, 0.1) is 0 Å². The van der Waals surface area contributed by atoms with Gasteiger partial charge in [0.15, 0.2) is 5.11 Å². The highest BCUT2D eigenvalue weighted by Gasteiger charge is 2.26. The number of carbonyl (C=O) groups is 1. The van der Waals surface area contributed by atoms with Crippen LogP contribution in [0.25, 0.3) is 0 Å². The van der Waals surface area contributed by atoms with Crippen molar-refractivity contribution in [2.24, 2.45) is 0 Å². The van der Waals surface area contributed by atoms with Crippen molar-refractivity contribution in [1.29, 1.82) is 0 Å². The zero-order chi connectivity index (χ0) is 15.1. The Morgan fingerprint density at radius 1 is 1.33 bits per heavy atom. The van der Waals surface area contributed by atoms with E-state index in [2.05, 4.69) is 11.4 Å². The van der Waals surface area contributed by atoms with Gasteiger partial charge < -0.3 is 5.32 Å². The summed E-state index contributed by atoms with van der Waals surface area (Å²) in [5.41, 5.74) is 1.54. The van der Waals surface area contributed by atoms with Gasteiger partial charge in [-0.25, -0.2) is 5.01 Å². The number of hydrogen-bond acceptors (Lipinski definition) is 2. The molecule has 1 heterocycles. The third kappa shape index (κ3) is 4.56. The molecule has 1 fully saturated rings. The topological polar surface area (TPSA) is 35.6 Å². The Labute approximate surface area is 132 Å².